The van der Waals surface area contributed by atoms with Gasteiger partial charge in [-0.25, -0.2) is 0 Å². The largest absolute Gasteiger partial charge is 0.327 e. The predicted octanol–water partition coefficient (Wildman–Crippen LogP) is 4.57. The second-order valence-corrected chi connectivity index (χ2v) is 6.00. The fourth-order valence-electron chi connectivity index (χ4n) is 3.48. The minimum atomic E-state index is 0.178. The highest BCUT2D eigenvalue weighted by Crippen LogP contribution is 2.43. The van der Waals surface area contributed by atoms with Crippen LogP contribution in [0.2, 0.25) is 0 Å². The molecule has 1 aliphatic carbocycles. The topological polar surface area (TPSA) is 26.0 Å². The molecule has 1 atom stereocenters. The third kappa shape index (κ3) is 3.09. The Morgan fingerprint density at radius 1 is 1.21 bits per heavy atom. The normalized spacial score (nSPS) is 19.9. The van der Waals surface area contributed by atoms with Gasteiger partial charge in [0.25, 0.3) is 0 Å². The van der Waals surface area contributed by atoms with Crippen molar-refractivity contribution >= 4 is 0 Å². The zero-order valence-corrected chi connectivity index (χ0v) is 12.2. The van der Waals surface area contributed by atoms with Gasteiger partial charge in [0.05, 0.1) is 0 Å². The number of nitrogens with two attached hydrogens (primary N) is 1. The van der Waals surface area contributed by atoms with Gasteiger partial charge in [-0.2, -0.15) is 0 Å². The molecule has 0 saturated heterocycles. The standard InChI is InChI=1S/C18H27N/c1-3-15(2)14-17(19)18(12-8-5-9-13-18)16-10-6-4-7-11-16/h4,6-7,10-11,17H,2-3,5,8-9,12-14,19H2,1H3. The molecule has 1 fully saturated rings. The average molecular weight is 257 g/mol. The van der Waals surface area contributed by atoms with Gasteiger partial charge < -0.3 is 5.73 Å². The number of hydrogen-bond donors (Lipinski definition) is 1. The van der Waals surface area contributed by atoms with Crippen molar-refractivity contribution in [3.05, 3.63) is 48.0 Å². The van der Waals surface area contributed by atoms with Crippen LogP contribution in [0.1, 0.15) is 57.4 Å². The van der Waals surface area contributed by atoms with E-state index in [1.54, 1.807) is 0 Å². The van der Waals surface area contributed by atoms with Gasteiger partial charge in [0.1, 0.15) is 0 Å². The van der Waals surface area contributed by atoms with E-state index in [1.807, 2.05) is 0 Å². The molecule has 0 amide bonds. The highest BCUT2D eigenvalue weighted by molar-refractivity contribution is 5.29. The molecule has 1 aromatic carbocycles. The van der Waals surface area contributed by atoms with E-state index < -0.39 is 0 Å². The first-order valence-corrected chi connectivity index (χ1v) is 7.67. The zero-order valence-electron chi connectivity index (χ0n) is 12.2. The molecule has 1 unspecified atom stereocenters. The summed E-state index contributed by atoms with van der Waals surface area (Å²) >= 11 is 0. The van der Waals surface area contributed by atoms with Gasteiger partial charge >= 0.3 is 0 Å². The Labute approximate surface area is 117 Å². The van der Waals surface area contributed by atoms with Gasteiger partial charge in [0, 0.05) is 11.5 Å². The lowest BCUT2D eigenvalue weighted by atomic mass is 9.64. The van der Waals surface area contributed by atoms with Crippen molar-refractivity contribution in [3.8, 4) is 0 Å². The first-order chi connectivity index (χ1) is 9.19. The first-order valence-electron chi connectivity index (χ1n) is 7.67. The zero-order chi connectivity index (χ0) is 13.7. The molecule has 0 aliphatic heterocycles. The molecule has 19 heavy (non-hydrogen) atoms. The summed E-state index contributed by atoms with van der Waals surface area (Å²) in [5.74, 6) is 0. The van der Waals surface area contributed by atoms with Crippen molar-refractivity contribution in [2.75, 3.05) is 0 Å². The molecule has 104 valence electrons. The lowest BCUT2D eigenvalue weighted by molar-refractivity contribution is 0.240. The van der Waals surface area contributed by atoms with Crippen LogP contribution in [-0.4, -0.2) is 6.04 Å². The Hall–Kier alpha value is -1.08. The van der Waals surface area contributed by atoms with Gasteiger partial charge in [-0.1, -0.05) is 68.7 Å². The van der Waals surface area contributed by atoms with Crippen molar-refractivity contribution in [1.82, 2.24) is 0 Å². The van der Waals surface area contributed by atoms with Crippen molar-refractivity contribution < 1.29 is 0 Å². The fraction of sp³-hybridized carbons (Fsp3) is 0.556. The molecular formula is C18H27N. The quantitative estimate of drug-likeness (QED) is 0.768. The predicted molar refractivity (Wildman–Crippen MR) is 83.2 cm³/mol. The monoisotopic (exact) mass is 257 g/mol. The molecular weight excluding hydrogens is 230 g/mol. The van der Waals surface area contributed by atoms with E-state index in [9.17, 15) is 0 Å². The molecule has 1 saturated carbocycles. The maximum atomic E-state index is 6.63. The van der Waals surface area contributed by atoms with Gasteiger partial charge in [-0.3, -0.25) is 0 Å². The van der Waals surface area contributed by atoms with Crippen LogP contribution < -0.4 is 5.73 Å². The Bertz CT molecular complexity index is 401. The highest BCUT2D eigenvalue weighted by Gasteiger charge is 2.39. The van der Waals surface area contributed by atoms with E-state index in [-0.39, 0.29) is 11.5 Å². The lowest BCUT2D eigenvalue weighted by Gasteiger charge is -2.43. The molecule has 0 radical (unpaired) electrons. The molecule has 0 heterocycles. The van der Waals surface area contributed by atoms with E-state index in [1.165, 1.54) is 43.2 Å². The van der Waals surface area contributed by atoms with E-state index in [0.717, 1.165) is 12.8 Å². The third-order valence-corrected chi connectivity index (χ3v) is 4.81. The Balaban J connectivity index is 2.27. The molecule has 0 spiro atoms. The fourth-order valence-corrected chi connectivity index (χ4v) is 3.48. The number of hydrogen-bond acceptors (Lipinski definition) is 1. The Morgan fingerprint density at radius 2 is 1.84 bits per heavy atom. The SMILES string of the molecule is C=C(CC)CC(N)C1(c2ccccc2)CCCCC1. The molecule has 1 nitrogen and oxygen atoms in total. The van der Waals surface area contributed by atoms with E-state index >= 15 is 0 Å². The van der Waals surface area contributed by atoms with Crippen LogP contribution >= 0.6 is 0 Å². The minimum absolute atomic E-state index is 0.178. The second kappa shape index (κ2) is 6.38. The Kier molecular flexibility index (Phi) is 4.81. The van der Waals surface area contributed by atoms with Crippen LogP contribution in [0, 0.1) is 0 Å². The highest BCUT2D eigenvalue weighted by atomic mass is 14.7. The summed E-state index contributed by atoms with van der Waals surface area (Å²) in [6.45, 7) is 6.32. The summed E-state index contributed by atoms with van der Waals surface area (Å²) in [6.07, 6.45) is 8.44. The summed E-state index contributed by atoms with van der Waals surface area (Å²) in [4.78, 5) is 0. The van der Waals surface area contributed by atoms with E-state index in [4.69, 9.17) is 5.73 Å². The summed E-state index contributed by atoms with van der Waals surface area (Å²) in [6, 6.07) is 11.1. The van der Waals surface area contributed by atoms with Crippen LogP contribution in [0.5, 0.6) is 0 Å². The molecule has 1 aliphatic rings. The maximum absolute atomic E-state index is 6.63. The number of benzene rings is 1. The van der Waals surface area contributed by atoms with Crippen LogP contribution in [0.15, 0.2) is 42.5 Å². The maximum Gasteiger partial charge on any atom is 0.0174 e. The second-order valence-electron chi connectivity index (χ2n) is 6.00. The van der Waals surface area contributed by atoms with Crippen molar-refractivity contribution in [2.24, 2.45) is 5.73 Å². The van der Waals surface area contributed by atoms with Crippen molar-refractivity contribution in [3.63, 3.8) is 0 Å². The van der Waals surface area contributed by atoms with Crippen molar-refractivity contribution in [1.29, 1.82) is 0 Å². The summed E-state index contributed by atoms with van der Waals surface area (Å²) in [5.41, 5.74) is 9.53. The van der Waals surface area contributed by atoms with E-state index in [2.05, 4.69) is 43.8 Å². The van der Waals surface area contributed by atoms with Gasteiger partial charge in [0.2, 0.25) is 0 Å². The average Bonchev–Trinajstić information content (AvgIpc) is 2.48. The van der Waals surface area contributed by atoms with Crippen LogP contribution in [-0.2, 0) is 5.41 Å². The summed E-state index contributed by atoms with van der Waals surface area (Å²) in [7, 11) is 0. The Morgan fingerprint density at radius 3 is 2.42 bits per heavy atom. The molecule has 0 bridgehead atoms. The van der Waals surface area contributed by atoms with Crippen LogP contribution in [0.25, 0.3) is 0 Å². The van der Waals surface area contributed by atoms with Gasteiger partial charge in [-0.15, -0.1) is 0 Å². The smallest absolute Gasteiger partial charge is 0.0174 e. The summed E-state index contributed by atoms with van der Waals surface area (Å²) < 4.78 is 0. The van der Waals surface area contributed by atoms with Crippen LogP contribution in [0.4, 0.5) is 0 Å². The molecule has 1 aromatic rings. The van der Waals surface area contributed by atoms with Gasteiger partial charge in [-0.05, 0) is 31.2 Å². The summed E-state index contributed by atoms with van der Waals surface area (Å²) in [5, 5.41) is 0. The lowest BCUT2D eigenvalue weighted by Crippen LogP contribution is -2.47. The molecule has 2 N–H and O–H groups in total. The van der Waals surface area contributed by atoms with Gasteiger partial charge in [0.15, 0.2) is 0 Å². The van der Waals surface area contributed by atoms with E-state index in [0.29, 0.717) is 0 Å². The van der Waals surface area contributed by atoms with Crippen LogP contribution in [0.3, 0.4) is 0 Å². The molecule has 0 aromatic heterocycles. The molecule has 1 heteroatoms. The minimum Gasteiger partial charge on any atom is -0.327 e. The van der Waals surface area contributed by atoms with Crippen molar-refractivity contribution in [2.45, 2.75) is 63.3 Å². The third-order valence-electron chi connectivity index (χ3n) is 4.81. The first kappa shape index (κ1) is 14.3. The molecule has 2 rings (SSSR count). The number of rotatable bonds is 5.